The number of aromatic amines is 1. The van der Waals surface area contributed by atoms with Crippen LogP contribution in [0.15, 0.2) is 85.4 Å². The van der Waals surface area contributed by atoms with Crippen LogP contribution in [0.4, 0.5) is 20.1 Å². The molecule has 7 rings (SSSR count). The Labute approximate surface area is 527 Å². The number of likely N-dealkylation sites (tertiary alicyclic amines) is 1. The van der Waals surface area contributed by atoms with Gasteiger partial charge in [-0.05, 0) is 112 Å². The van der Waals surface area contributed by atoms with E-state index in [0.29, 0.717) is 62.1 Å². The summed E-state index contributed by atoms with van der Waals surface area (Å²) < 4.78 is 29.2. The molecule has 22 heteroatoms. The van der Waals surface area contributed by atoms with Crippen molar-refractivity contribution < 1.29 is 57.2 Å². The summed E-state index contributed by atoms with van der Waals surface area (Å²) in [5.41, 5.74) is 11.0. The number of aromatic nitrogens is 1. The van der Waals surface area contributed by atoms with Crippen LogP contribution in [-0.4, -0.2) is 192 Å². The molecular formula is C67H90ClN9O12. The van der Waals surface area contributed by atoms with E-state index in [1.165, 1.54) is 9.80 Å². The third-order valence-corrected chi connectivity index (χ3v) is 16.9. The number of nitrogens with two attached hydrogens (primary N) is 1. The highest BCUT2D eigenvalue weighted by atomic mass is 35.5. The standard InChI is InChI=1S/C67H90ClN9O12/c1-44(2)63(72-64(81)50(12-11-24-70-65(69)82)37-53(79)23-31-85-34-35-86-32-30-76-25-21-49(22-26-76)46(4)78)60(80)36-47-15-17-48(18-16-47)43-88-66(83)74(7)27-28-75(8)67(84)89-61-40-59-62(56-14-10-9-13-55(56)61)52(41-68)42-77(59)45(3)58-39-51-38-54(19-20-57(51)71-58)87-33-29-73(5)6/h9-10,13-20,38-40,44,49-50,52,63,71H,3,11-12,21-37,41-43H2,1-2,4-8H3,(H,72,81)(H3,69,70,82)/t50-,52-,63+/m1/s1. The predicted molar refractivity (Wildman–Crippen MR) is 346 cm³/mol. The maximum Gasteiger partial charge on any atom is 0.415 e. The second-order valence-corrected chi connectivity index (χ2v) is 24.2. The van der Waals surface area contributed by atoms with Gasteiger partial charge in [-0.1, -0.05) is 69.0 Å². The number of fused-ring (bicyclic) bond motifs is 4. The molecule has 0 unspecified atom stereocenters. The van der Waals surface area contributed by atoms with Crippen molar-refractivity contribution in [2.45, 2.75) is 84.3 Å². The van der Waals surface area contributed by atoms with Crippen molar-refractivity contribution in [3.05, 3.63) is 108 Å². The van der Waals surface area contributed by atoms with Gasteiger partial charge in [-0.15, -0.1) is 11.6 Å². The van der Waals surface area contributed by atoms with E-state index in [4.69, 9.17) is 41.0 Å². The average molecular weight is 1250 g/mol. The Morgan fingerprint density at radius 3 is 2.18 bits per heavy atom. The molecule has 1 fully saturated rings. The van der Waals surface area contributed by atoms with Gasteiger partial charge in [0.05, 0.1) is 43.9 Å². The number of anilines is 1. The number of alkyl halides is 1. The van der Waals surface area contributed by atoms with Gasteiger partial charge in [0.1, 0.15) is 36.3 Å². The first-order valence-corrected chi connectivity index (χ1v) is 31.4. The molecule has 5 aromatic rings. The summed E-state index contributed by atoms with van der Waals surface area (Å²) in [5, 5.41) is 8.11. The third kappa shape index (κ3) is 20.2. The number of carbonyl (C=O) groups excluding carboxylic acids is 7. The number of halogens is 1. The number of primary amides is 1. The van der Waals surface area contributed by atoms with E-state index >= 15 is 0 Å². The lowest BCUT2D eigenvalue weighted by molar-refractivity contribution is -0.133. The summed E-state index contributed by atoms with van der Waals surface area (Å²) in [6.45, 7) is 16.2. The van der Waals surface area contributed by atoms with Gasteiger partial charge >= 0.3 is 18.2 Å². The van der Waals surface area contributed by atoms with E-state index in [0.717, 1.165) is 89.1 Å². The molecule has 0 spiro atoms. The fourth-order valence-corrected chi connectivity index (χ4v) is 11.4. The highest BCUT2D eigenvalue weighted by Gasteiger charge is 2.35. The number of likely N-dealkylation sites (N-methyl/N-ethyl adjacent to an activating group) is 3. The normalized spacial score (nSPS) is 15.0. The van der Waals surface area contributed by atoms with Crippen molar-refractivity contribution in [1.29, 1.82) is 0 Å². The SMILES string of the molecule is C=C(c1cc2cc(OCCN(C)C)ccc2[nH]1)N1C[C@@H](CCl)c2c1cc(OC(=O)N(C)CCN(C)C(=O)OCc1ccc(CC(=O)[C@@H](NC(=O)[C@H](CCCNC(N)=O)CC(=O)CCOCCOCCN3CCC(C(C)=O)CC3)C(C)C)cc1)c1ccccc21. The molecule has 0 saturated carbocycles. The summed E-state index contributed by atoms with van der Waals surface area (Å²) in [6.07, 6.45) is 1.24. The van der Waals surface area contributed by atoms with E-state index < -0.39 is 36.1 Å². The minimum atomic E-state index is -0.844. The lowest BCUT2D eigenvalue weighted by atomic mass is 9.91. The van der Waals surface area contributed by atoms with Gasteiger partial charge in [0.2, 0.25) is 5.91 Å². The van der Waals surface area contributed by atoms with Crippen molar-refractivity contribution in [2.24, 2.45) is 23.5 Å². The van der Waals surface area contributed by atoms with Gasteiger partial charge in [0.25, 0.3) is 0 Å². The quantitative estimate of drug-likeness (QED) is 0.0219. The summed E-state index contributed by atoms with van der Waals surface area (Å²) in [7, 11) is 7.20. The first kappa shape index (κ1) is 68.9. The molecule has 2 aliphatic rings. The number of benzene rings is 4. The fourth-order valence-electron chi connectivity index (χ4n) is 11.1. The molecule has 2 aliphatic heterocycles. The zero-order valence-electron chi connectivity index (χ0n) is 52.7. The molecule has 5 amide bonds. The van der Waals surface area contributed by atoms with E-state index in [-0.39, 0.29) is 93.6 Å². The molecule has 0 bridgehead atoms. The number of H-pyrrole nitrogens is 1. The van der Waals surface area contributed by atoms with Crippen LogP contribution >= 0.6 is 11.6 Å². The van der Waals surface area contributed by atoms with Gasteiger partial charge in [0.15, 0.2) is 5.78 Å². The number of Topliss-reactive ketones (excluding diaryl/α,β-unsaturated/α-hetero) is 3. The first-order valence-electron chi connectivity index (χ1n) is 30.8. The van der Waals surface area contributed by atoms with Gasteiger partial charge in [-0.2, -0.15) is 0 Å². The number of nitrogens with one attached hydrogen (secondary N) is 3. The van der Waals surface area contributed by atoms with Crippen LogP contribution in [0.3, 0.4) is 0 Å². The molecular weight excluding hydrogens is 1160 g/mol. The molecule has 3 heterocycles. The van der Waals surface area contributed by atoms with Crippen LogP contribution in [0.25, 0.3) is 27.4 Å². The van der Waals surface area contributed by atoms with Gasteiger partial charge in [-0.25, -0.2) is 14.4 Å². The van der Waals surface area contributed by atoms with Crippen LogP contribution in [0, 0.1) is 17.8 Å². The average Bonchev–Trinajstić information content (AvgIpc) is 1.93. The molecule has 3 atom stereocenters. The number of piperidine rings is 1. The third-order valence-electron chi connectivity index (χ3n) is 16.5. The zero-order valence-corrected chi connectivity index (χ0v) is 53.5. The van der Waals surface area contributed by atoms with Crippen molar-refractivity contribution in [2.75, 3.05) is 124 Å². The number of urea groups is 1. The highest BCUT2D eigenvalue weighted by Crippen LogP contribution is 2.48. The second kappa shape index (κ2) is 33.9. The van der Waals surface area contributed by atoms with Gasteiger partial charge in [0, 0.05) is 124 Å². The molecule has 4 aromatic carbocycles. The fraction of sp³-hybridized carbons (Fsp3) is 0.507. The Kier molecular flexibility index (Phi) is 26.2. The number of nitrogens with zero attached hydrogens (tertiary/aromatic N) is 5. The maximum atomic E-state index is 13.8. The first-order chi connectivity index (χ1) is 42.7. The summed E-state index contributed by atoms with van der Waals surface area (Å²) in [5.74, 6) is 0.0716. The number of hydrogen-bond donors (Lipinski definition) is 4. The molecule has 5 N–H and O–H groups in total. The van der Waals surface area contributed by atoms with Crippen molar-refractivity contribution in [3.8, 4) is 11.5 Å². The second-order valence-electron chi connectivity index (χ2n) is 23.9. The van der Waals surface area contributed by atoms with Crippen molar-refractivity contribution in [3.63, 3.8) is 0 Å². The molecule has 89 heavy (non-hydrogen) atoms. The lowest BCUT2D eigenvalue weighted by Crippen LogP contribution is -2.47. The number of rotatable bonds is 35. The lowest BCUT2D eigenvalue weighted by Gasteiger charge is -2.30. The topological polar surface area (TPSA) is 248 Å². The van der Waals surface area contributed by atoms with Gasteiger partial charge < -0.3 is 69.5 Å². The Bertz CT molecular complexity index is 3240. The number of ether oxygens (including phenoxy) is 5. The monoisotopic (exact) mass is 1250 g/mol. The molecule has 1 saturated heterocycles. The van der Waals surface area contributed by atoms with E-state index in [1.807, 2.05) is 76.5 Å². The van der Waals surface area contributed by atoms with Crippen LogP contribution in [0.5, 0.6) is 11.5 Å². The minimum absolute atomic E-state index is 0.0155. The van der Waals surface area contributed by atoms with Crippen LogP contribution in [0.2, 0.25) is 0 Å². The summed E-state index contributed by atoms with van der Waals surface area (Å²) in [6, 6.07) is 23.2. The Morgan fingerprint density at radius 2 is 1.51 bits per heavy atom. The number of ketones is 3. The minimum Gasteiger partial charge on any atom is -0.492 e. The van der Waals surface area contributed by atoms with Crippen molar-refractivity contribution >= 4 is 86.1 Å². The molecule has 0 aliphatic carbocycles. The van der Waals surface area contributed by atoms with E-state index in [2.05, 4.69) is 43.0 Å². The molecule has 1 aromatic heterocycles. The number of amides is 5. The Morgan fingerprint density at radius 1 is 0.820 bits per heavy atom. The smallest absolute Gasteiger partial charge is 0.415 e. The maximum absolute atomic E-state index is 13.8. The number of hydrogen-bond acceptors (Lipinski definition) is 15. The molecule has 0 radical (unpaired) electrons. The van der Waals surface area contributed by atoms with Gasteiger partial charge in [-0.3, -0.25) is 19.2 Å². The molecule has 21 nitrogen and oxygen atoms in total. The highest BCUT2D eigenvalue weighted by molar-refractivity contribution is 6.19. The van der Waals surface area contributed by atoms with E-state index in [9.17, 15) is 33.6 Å². The van der Waals surface area contributed by atoms with Crippen molar-refractivity contribution in [1.82, 2.24) is 35.2 Å². The van der Waals surface area contributed by atoms with Crippen LogP contribution in [0.1, 0.15) is 87.6 Å². The Balaban J connectivity index is 0.856. The summed E-state index contributed by atoms with van der Waals surface area (Å²) >= 11 is 6.66. The summed E-state index contributed by atoms with van der Waals surface area (Å²) in [4.78, 5) is 104. The number of carbonyl (C=O) groups is 7. The van der Waals surface area contributed by atoms with Crippen LogP contribution < -0.4 is 30.7 Å². The van der Waals surface area contributed by atoms with E-state index in [1.54, 1.807) is 45.3 Å². The Hall–Kier alpha value is -7.56. The van der Waals surface area contributed by atoms with Crippen LogP contribution in [-0.2, 0) is 46.4 Å². The molecule has 482 valence electrons. The zero-order chi connectivity index (χ0) is 64.1. The predicted octanol–water partition coefficient (Wildman–Crippen LogP) is 8.77. The largest absolute Gasteiger partial charge is 0.492 e.